The number of nitrogens with two attached hydrogens (primary N) is 1. The summed E-state index contributed by atoms with van der Waals surface area (Å²) in [6.45, 7) is -0.304. The van der Waals surface area contributed by atoms with Gasteiger partial charge in [-0.15, -0.1) is 0 Å². The lowest BCUT2D eigenvalue weighted by atomic mass is 10.1. The highest BCUT2D eigenvalue weighted by Gasteiger charge is 2.44. The Morgan fingerprint density at radius 3 is 1.81 bits per heavy atom. The summed E-state index contributed by atoms with van der Waals surface area (Å²) < 4.78 is 9.20. The number of halogens is 1. The molecule has 3 aromatic carbocycles. The first-order chi connectivity index (χ1) is 22.3. The normalized spacial score (nSPS) is 12.1. The second kappa shape index (κ2) is 21.9. The van der Waals surface area contributed by atoms with Crippen LogP contribution in [0.5, 0.6) is 0 Å². The van der Waals surface area contributed by atoms with E-state index in [9.17, 15) is 19.2 Å². The van der Waals surface area contributed by atoms with E-state index in [1.54, 1.807) is 10.8 Å². The summed E-state index contributed by atoms with van der Waals surface area (Å²) in [4.78, 5) is 48.5. The Bertz CT molecular complexity index is 1300. The number of amides is 2. The number of rotatable bonds is 19. The van der Waals surface area contributed by atoms with Gasteiger partial charge in [-0.25, -0.2) is 0 Å². The van der Waals surface area contributed by atoms with Crippen LogP contribution in [-0.2, 0) is 28.7 Å². The molecule has 2 amide bonds. The maximum atomic E-state index is 12.8. The molecule has 13 heteroatoms. The second-order valence-electron chi connectivity index (χ2n) is 10.4. The number of methoxy groups -OCH3 is 2. The van der Waals surface area contributed by atoms with Crippen molar-refractivity contribution in [3.63, 3.8) is 0 Å². The highest BCUT2D eigenvalue weighted by atomic mass is 79.9. The third-order valence-electron chi connectivity index (χ3n) is 7.35. The smallest absolute Gasteiger partial charge is 0.325 e. The van der Waals surface area contributed by atoms with E-state index >= 15 is 0 Å². The van der Waals surface area contributed by atoms with E-state index < -0.39 is 43.1 Å². The Labute approximate surface area is 296 Å². The Hall–Kier alpha value is -2.89. The first-order valence-electron chi connectivity index (χ1n) is 15.1. The molecule has 0 aliphatic rings. The van der Waals surface area contributed by atoms with E-state index in [0.29, 0.717) is 5.75 Å². The molecule has 0 aliphatic carbocycles. The van der Waals surface area contributed by atoms with Gasteiger partial charge in [-0.05, 0) is 55.7 Å². The molecular weight excluding hydrogens is 721 g/mol. The average molecular weight is 765 g/mol. The number of carbonyl (C=O) groups is 4. The molecule has 0 aromatic heterocycles. The van der Waals surface area contributed by atoms with Crippen LogP contribution in [0.15, 0.2) is 91.0 Å². The quantitative estimate of drug-likeness (QED) is 0.0678. The Morgan fingerprint density at radius 1 is 0.787 bits per heavy atom. The van der Waals surface area contributed by atoms with Gasteiger partial charge in [-0.3, -0.25) is 19.2 Å². The summed E-state index contributed by atoms with van der Waals surface area (Å²) in [6, 6.07) is 30.6. The first kappa shape index (κ1) is 40.3. The zero-order valence-electron chi connectivity index (χ0n) is 26.6. The molecule has 0 unspecified atom stereocenters. The average Bonchev–Trinajstić information content (AvgIpc) is 3.10. The zero-order valence-corrected chi connectivity index (χ0v) is 30.8. The van der Waals surface area contributed by atoms with Gasteiger partial charge < -0.3 is 42.8 Å². The molecule has 0 aliphatic heterocycles. The number of esters is 2. The van der Waals surface area contributed by atoms with Crippen molar-refractivity contribution in [1.82, 2.24) is 10.6 Å². The van der Waals surface area contributed by atoms with E-state index in [2.05, 4.69) is 111 Å². The van der Waals surface area contributed by atoms with Crippen LogP contribution in [0.4, 0.5) is 0 Å². The van der Waals surface area contributed by atoms with Gasteiger partial charge >= 0.3 is 11.9 Å². The van der Waals surface area contributed by atoms with Crippen molar-refractivity contribution in [2.75, 3.05) is 38.4 Å². The molecular formula is C34H43BrN3O6PS2. The van der Waals surface area contributed by atoms with Crippen molar-refractivity contribution < 1.29 is 45.6 Å². The predicted molar refractivity (Wildman–Crippen MR) is 190 cm³/mol. The van der Waals surface area contributed by atoms with Crippen molar-refractivity contribution in [2.45, 2.75) is 37.8 Å². The molecule has 0 radical (unpaired) electrons. The topological polar surface area (TPSA) is 137 Å². The van der Waals surface area contributed by atoms with Gasteiger partial charge in [0, 0.05) is 17.9 Å². The third kappa shape index (κ3) is 12.6. The molecule has 3 aromatic rings. The van der Waals surface area contributed by atoms with Crippen molar-refractivity contribution in [3.8, 4) is 0 Å². The van der Waals surface area contributed by atoms with Gasteiger partial charge in [0.25, 0.3) is 0 Å². The van der Waals surface area contributed by atoms with Crippen LogP contribution in [0.1, 0.15) is 25.7 Å². The number of benzene rings is 3. The predicted octanol–water partition coefficient (Wildman–Crippen LogP) is 0.201. The zero-order chi connectivity index (χ0) is 33.2. The van der Waals surface area contributed by atoms with Crippen molar-refractivity contribution >= 4 is 68.5 Å². The third-order valence-corrected chi connectivity index (χ3v) is 14.4. The maximum absolute atomic E-state index is 12.8. The molecule has 0 saturated carbocycles. The lowest BCUT2D eigenvalue weighted by molar-refractivity contribution is -0.142. The number of nitrogens with one attached hydrogen (secondary N) is 2. The minimum Gasteiger partial charge on any atom is -1.00 e. The van der Waals surface area contributed by atoms with Gasteiger partial charge in [0.15, 0.2) is 0 Å². The van der Waals surface area contributed by atoms with E-state index in [4.69, 9.17) is 5.73 Å². The number of unbranched alkanes of at least 4 members (excludes halogenated alkanes) is 1. The molecule has 0 heterocycles. The summed E-state index contributed by atoms with van der Waals surface area (Å²) >= 11 is 0. The molecule has 9 nitrogen and oxygen atoms in total. The molecule has 0 fully saturated rings. The van der Waals surface area contributed by atoms with Crippen LogP contribution in [0, 0.1) is 0 Å². The van der Waals surface area contributed by atoms with Crippen LogP contribution >= 0.6 is 28.9 Å². The van der Waals surface area contributed by atoms with Crippen molar-refractivity contribution in [2.24, 2.45) is 5.73 Å². The van der Waals surface area contributed by atoms with Gasteiger partial charge in [0.2, 0.25) is 11.8 Å². The molecule has 0 saturated heterocycles. The molecule has 0 spiro atoms. The van der Waals surface area contributed by atoms with E-state index in [1.807, 2.05) is 0 Å². The van der Waals surface area contributed by atoms with E-state index in [0.717, 1.165) is 24.8 Å². The summed E-state index contributed by atoms with van der Waals surface area (Å²) in [7, 11) is 3.70. The van der Waals surface area contributed by atoms with Crippen molar-refractivity contribution in [1.29, 1.82) is 0 Å². The maximum Gasteiger partial charge on any atom is 0.325 e. The fourth-order valence-corrected chi connectivity index (χ4v) is 11.6. The highest BCUT2D eigenvalue weighted by Crippen LogP contribution is 2.56. The summed E-state index contributed by atoms with van der Waals surface area (Å²) in [5.41, 5.74) is 5.74. The van der Waals surface area contributed by atoms with Crippen LogP contribution < -0.4 is 49.3 Å². The van der Waals surface area contributed by atoms with Crippen LogP contribution in [0.2, 0.25) is 0 Å². The van der Waals surface area contributed by atoms with Gasteiger partial charge in [-0.1, -0.05) is 76.2 Å². The molecule has 4 N–H and O–H groups in total. The summed E-state index contributed by atoms with van der Waals surface area (Å²) in [5.74, 6) is -0.964. The molecule has 47 heavy (non-hydrogen) atoms. The van der Waals surface area contributed by atoms with E-state index in [-0.39, 0.29) is 36.4 Å². The lowest BCUT2D eigenvalue weighted by Gasteiger charge is -2.27. The Balaban J connectivity index is 0.00000768. The lowest BCUT2D eigenvalue weighted by Crippen LogP contribution is -3.00. The van der Waals surface area contributed by atoms with E-state index in [1.165, 1.54) is 40.9 Å². The monoisotopic (exact) mass is 763 g/mol. The minimum atomic E-state index is -1.89. The molecule has 2 atom stereocenters. The number of carbonyl (C=O) groups excluding carboxylic acids is 4. The van der Waals surface area contributed by atoms with Gasteiger partial charge in [0.1, 0.15) is 41.8 Å². The fraction of sp³-hybridized carbons (Fsp3) is 0.353. The largest absolute Gasteiger partial charge is 1.00 e. The van der Waals surface area contributed by atoms with Gasteiger partial charge in [0.05, 0.1) is 20.4 Å². The molecule has 254 valence electrons. The SMILES string of the molecule is COC(=O)CNC(=O)[C@H](CSSCCCC[P+](c1ccccc1)(c1ccccc1)c1ccccc1)NC(=O)CC[C@H](N)C(=O)OC.[Br-]. The Kier molecular flexibility index (Phi) is 18.8. The number of hydrogen-bond donors (Lipinski definition) is 3. The highest BCUT2D eigenvalue weighted by molar-refractivity contribution is 8.76. The fourth-order valence-electron chi connectivity index (χ4n) is 4.93. The summed E-state index contributed by atoms with van der Waals surface area (Å²) in [6.07, 6.45) is 3.04. The molecule has 0 bridgehead atoms. The van der Waals surface area contributed by atoms with Crippen LogP contribution in [0.3, 0.4) is 0 Å². The van der Waals surface area contributed by atoms with Crippen LogP contribution in [-0.4, -0.2) is 74.3 Å². The summed E-state index contributed by atoms with van der Waals surface area (Å²) in [5, 5.41) is 9.30. The number of ether oxygens (including phenoxy) is 2. The second-order valence-corrected chi connectivity index (χ2v) is 16.7. The van der Waals surface area contributed by atoms with Crippen molar-refractivity contribution in [3.05, 3.63) is 91.0 Å². The van der Waals surface area contributed by atoms with Crippen LogP contribution in [0.25, 0.3) is 0 Å². The molecule has 3 rings (SSSR count). The Morgan fingerprint density at radius 2 is 1.32 bits per heavy atom. The number of hydrogen-bond acceptors (Lipinski definition) is 9. The van der Waals surface area contributed by atoms with Gasteiger partial charge in [-0.2, -0.15) is 0 Å². The standard InChI is InChI=1S/C34H42N3O6PS2.BrH/c1-42-32(39)24-36-33(40)30(37-31(38)21-20-29(35)34(41)43-2)25-46-45-23-13-12-22-44(26-14-6-3-7-15-26,27-16-8-4-9-17-27)28-18-10-5-11-19-28;/h3-11,14-19,29-30H,12-13,20-25,35H2,1-2H3,(H-,36,37,38,40);1H/t29-,30-;/m0./s1. The minimum absolute atomic E-state index is 0. The first-order valence-corrected chi connectivity index (χ1v) is 19.5.